The first-order valence-electron chi connectivity index (χ1n) is 6.22. The number of para-hydroxylation sites is 1. The maximum absolute atomic E-state index is 13.7. The molecule has 0 aliphatic rings. The van der Waals surface area contributed by atoms with E-state index in [-0.39, 0.29) is 23.8 Å². The zero-order valence-electron chi connectivity index (χ0n) is 10.9. The van der Waals surface area contributed by atoms with Crippen LogP contribution in [0.5, 0.6) is 11.5 Å². The van der Waals surface area contributed by atoms with Gasteiger partial charge in [0.15, 0.2) is 6.61 Å². The molecular formula is C15H11FN2O3. The largest absolute Gasteiger partial charge is 0.508 e. The van der Waals surface area contributed by atoms with Crippen LogP contribution >= 0.6 is 0 Å². The predicted molar refractivity (Wildman–Crippen MR) is 72.1 cm³/mol. The maximum Gasteiger partial charge on any atom is 0.261 e. The molecule has 0 amide bonds. The second-order valence-corrected chi connectivity index (χ2v) is 4.28. The van der Waals surface area contributed by atoms with Gasteiger partial charge >= 0.3 is 0 Å². The van der Waals surface area contributed by atoms with Crippen LogP contribution in [-0.2, 0) is 6.61 Å². The van der Waals surface area contributed by atoms with Crippen molar-refractivity contribution in [3.8, 4) is 23.0 Å². The van der Waals surface area contributed by atoms with E-state index >= 15 is 0 Å². The van der Waals surface area contributed by atoms with Crippen LogP contribution in [-0.4, -0.2) is 15.2 Å². The van der Waals surface area contributed by atoms with E-state index in [2.05, 4.69) is 10.1 Å². The van der Waals surface area contributed by atoms with Gasteiger partial charge in [-0.2, -0.15) is 4.98 Å². The number of ether oxygens (including phenoxy) is 1. The van der Waals surface area contributed by atoms with Gasteiger partial charge in [-0.05, 0) is 24.3 Å². The van der Waals surface area contributed by atoms with E-state index in [0.717, 1.165) is 6.07 Å². The van der Waals surface area contributed by atoms with Gasteiger partial charge in [0, 0.05) is 6.07 Å². The molecule has 0 saturated carbocycles. The minimum absolute atomic E-state index is 0.0409. The van der Waals surface area contributed by atoms with Gasteiger partial charge in [0.2, 0.25) is 5.82 Å². The molecule has 6 heteroatoms. The first-order chi connectivity index (χ1) is 10.2. The molecule has 3 rings (SSSR count). The SMILES string of the molecule is Oc1ccc(-c2nc(COc3ccccc3)no2)c(F)c1. The van der Waals surface area contributed by atoms with Gasteiger partial charge in [-0.1, -0.05) is 23.4 Å². The van der Waals surface area contributed by atoms with Crippen LogP contribution in [0.1, 0.15) is 5.82 Å². The van der Waals surface area contributed by atoms with Crippen LogP contribution in [0.3, 0.4) is 0 Å². The molecule has 0 atom stereocenters. The van der Waals surface area contributed by atoms with Gasteiger partial charge in [-0.3, -0.25) is 0 Å². The Labute approximate surface area is 119 Å². The molecule has 0 radical (unpaired) electrons. The maximum atomic E-state index is 13.7. The molecule has 1 N–H and O–H groups in total. The summed E-state index contributed by atoms with van der Waals surface area (Å²) < 4.78 is 24.1. The van der Waals surface area contributed by atoms with Gasteiger partial charge in [-0.15, -0.1) is 0 Å². The zero-order chi connectivity index (χ0) is 14.7. The molecule has 0 bridgehead atoms. The van der Waals surface area contributed by atoms with Crippen molar-refractivity contribution in [2.75, 3.05) is 0 Å². The highest BCUT2D eigenvalue weighted by Gasteiger charge is 2.14. The van der Waals surface area contributed by atoms with Crippen molar-refractivity contribution in [3.05, 3.63) is 60.2 Å². The Balaban J connectivity index is 1.74. The lowest BCUT2D eigenvalue weighted by atomic mass is 10.2. The molecule has 3 aromatic rings. The van der Waals surface area contributed by atoms with Crippen molar-refractivity contribution in [2.45, 2.75) is 6.61 Å². The quantitative estimate of drug-likeness (QED) is 0.797. The van der Waals surface area contributed by atoms with Crippen molar-refractivity contribution < 1.29 is 18.8 Å². The molecule has 0 aliphatic carbocycles. The molecular weight excluding hydrogens is 275 g/mol. The lowest BCUT2D eigenvalue weighted by Crippen LogP contribution is -1.97. The summed E-state index contributed by atoms with van der Waals surface area (Å²) in [6, 6.07) is 12.9. The smallest absolute Gasteiger partial charge is 0.261 e. The molecule has 1 aromatic heterocycles. The Hall–Kier alpha value is -2.89. The van der Waals surface area contributed by atoms with Gasteiger partial charge < -0.3 is 14.4 Å². The van der Waals surface area contributed by atoms with Gasteiger partial charge in [0.1, 0.15) is 17.3 Å². The number of aromatic nitrogens is 2. The summed E-state index contributed by atoms with van der Waals surface area (Å²) >= 11 is 0. The fraction of sp³-hybridized carbons (Fsp3) is 0.0667. The molecule has 21 heavy (non-hydrogen) atoms. The van der Waals surface area contributed by atoms with Crippen LogP contribution < -0.4 is 4.74 Å². The number of phenols is 1. The van der Waals surface area contributed by atoms with Crippen molar-refractivity contribution in [3.63, 3.8) is 0 Å². The second-order valence-electron chi connectivity index (χ2n) is 4.28. The summed E-state index contributed by atoms with van der Waals surface area (Å²) in [6.45, 7) is 0.118. The highest BCUT2D eigenvalue weighted by molar-refractivity contribution is 5.55. The minimum Gasteiger partial charge on any atom is -0.508 e. The molecule has 1 heterocycles. The fourth-order valence-corrected chi connectivity index (χ4v) is 1.76. The third kappa shape index (κ3) is 3.00. The topological polar surface area (TPSA) is 68.4 Å². The normalized spacial score (nSPS) is 10.5. The molecule has 0 aliphatic heterocycles. The lowest BCUT2D eigenvalue weighted by molar-refractivity contribution is 0.287. The van der Waals surface area contributed by atoms with Crippen LogP contribution in [0.25, 0.3) is 11.5 Å². The highest BCUT2D eigenvalue weighted by atomic mass is 19.1. The highest BCUT2D eigenvalue weighted by Crippen LogP contribution is 2.24. The van der Waals surface area contributed by atoms with Crippen LogP contribution in [0, 0.1) is 5.82 Å². The number of hydrogen-bond acceptors (Lipinski definition) is 5. The van der Waals surface area contributed by atoms with Crippen molar-refractivity contribution in [1.29, 1.82) is 0 Å². The Kier molecular flexibility index (Phi) is 3.51. The van der Waals surface area contributed by atoms with Crippen molar-refractivity contribution in [2.24, 2.45) is 0 Å². The molecule has 0 saturated heterocycles. The number of halogens is 1. The molecule has 0 unspecified atom stereocenters. The molecule has 0 spiro atoms. The first-order valence-corrected chi connectivity index (χ1v) is 6.22. The first kappa shape index (κ1) is 13.1. The molecule has 106 valence electrons. The Morgan fingerprint density at radius 1 is 1.14 bits per heavy atom. The summed E-state index contributed by atoms with van der Waals surface area (Å²) in [6.07, 6.45) is 0. The third-order valence-corrected chi connectivity index (χ3v) is 2.76. The summed E-state index contributed by atoms with van der Waals surface area (Å²) in [5.41, 5.74) is 0.131. The van der Waals surface area contributed by atoms with Crippen LogP contribution in [0.4, 0.5) is 4.39 Å². The van der Waals surface area contributed by atoms with Crippen molar-refractivity contribution >= 4 is 0 Å². The van der Waals surface area contributed by atoms with Crippen LogP contribution in [0.15, 0.2) is 53.1 Å². The predicted octanol–water partition coefficient (Wildman–Crippen LogP) is 3.16. The lowest BCUT2D eigenvalue weighted by Gasteiger charge is -2.01. The van der Waals surface area contributed by atoms with Gasteiger partial charge in [0.25, 0.3) is 5.89 Å². The van der Waals surface area contributed by atoms with Gasteiger partial charge in [0.05, 0.1) is 5.56 Å². The number of aromatic hydroxyl groups is 1. The fourth-order valence-electron chi connectivity index (χ4n) is 1.76. The number of hydrogen-bond donors (Lipinski definition) is 1. The molecule has 5 nitrogen and oxygen atoms in total. The number of benzene rings is 2. The van der Waals surface area contributed by atoms with Crippen molar-refractivity contribution in [1.82, 2.24) is 10.1 Å². The van der Waals surface area contributed by atoms with E-state index in [1.54, 1.807) is 12.1 Å². The van der Waals surface area contributed by atoms with E-state index in [4.69, 9.17) is 9.26 Å². The summed E-state index contributed by atoms with van der Waals surface area (Å²) in [7, 11) is 0. The van der Waals surface area contributed by atoms with Gasteiger partial charge in [-0.25, -0.2) is 4.39 Å². The summed E-state index contributed by atoms with van der Waals surface area (Å²) in [5.74, 6) is 0.234. The van der Waals surface area contributed by atoms with E-state index in [0.29, 0.717) is 11.6 Å². The average molecular weight is 286 g/mol. The number of phenolic OH excluding ortho intramolecular Hbond substituents is 1. The molecule has 0 fully saturated rings. The summed E-state index contributed by atoms with van der Waals surface area (Å²) in [4.78, 5) is 4.06. The van der Waals surface area contributed by atoms with E-state index in [9.17, 15) is 9.50 Å². The zero-order valence-corrected chi connectivity index (χ0v) is 10.9. The van der Waals surface area contributed by atoms with E-state index in [1.807, 2.05) is 18.2 Å². The Morgan fingerprint density at radius 2 is 1.95 bits per heavy atom. The number of rotatable bonds is 4. The number of nitrogens with zero attached hydrogens (tertiary/aromatic N) is 2. The standard InChI is InChI=1S/C15H11FN2O3/c16-13-8-10(19)6-7-12(13)15-17-14(18-21-15)9-20-11-4-2-1-3-5-11/h1-8,19H,9H2. The van der Waals surface area contributed by atoms with Crippen LogP contribution in [0.2, 0.25) is 0 Å². The third-order valence-electron chi connectivity index (χ3n) is 2.76. The van der Waals surface area contributed by atoms with E-state index < -0.39 is 5.82 Å². The Bertz CT molecular complexity index is 744. The minimum atomic E-state index is -0.630. The summed E-state index contributed by atoms with van der Waals surface area (Å²) in [5, 5.41) is 12.9. The average Bonchev–Trinajstić information content (AvgIpc) is 2.95. The monoisotopic (exact) mass is 286 g/mol. The molecule has 2 aromatic carbocycles. The van der Waals surface area contributed by atoms with E-state index in [1.165, 1.54) is 12.1 Å². The second kappa shape index (κ2) is 5.62. The Morgan fingerprint density at radius 3 is 2.71 bits per heavy atom.